The van der Waals surface area contributed by atoms with Crippen LogP contribution in [0.3, 0.4) is 0 Å². The number of carbonyl (C=O) groups is 1. The van der Waals surface area contributed by atoms with Gasteiger partial charge < -0.3 is 5.32 Å². The fourth-order valence-electron chi connectivity index (χ4n) is 2.92. The van der Waals surface area contributed by atoms with Crippen molar-refractivity contribution < 1.29 is 4.79 Å². The summed E-state index contributed by atoms with van der Waals surface area (Å²) in [7, 11) is 0. The first-order valence-corrected chi connectivity index (χ1v) is 9.10. The highest BCUT2D eigenvalue weighted by Gasteiger charge is 2.24. The van der Waals surface area contributed by atoms with Gasteiger partial charge >= 0.3 is 0 Å². The Hall–Kier alpha value is -2.39. The molecule has 3 rings (SSSR count). The van der Waals surface area contributed by atoms with E-state index in [0.717, 1.165) is 21.2 Å². The molecule has 0 aliphatic rings. The zero-order valence-corrected chi connectivity index (χ0v) is 15.6. The highest BCUT2D eigenvalue weighted by Crippen LogP contribution is 2.26. The third-order valence-electron chi connectivity index (χ3n) is 4.26. The van der Waals surface area contributed by atoms with Crippen LogP contribution < -0.4 is 5.32 Å². The van der Waals surface area contributed by atoms with Gasteiger partial charge in [-0.2, -0.15) is 0 Å². The average molecular weight is 394 g/mol. The molecule has 0 saturated heterocycles. The van der Waals surface area contributed by atoms with Crippen molar-refractivity contribution in [2.24, 2.45) is 0 Å². The van der Waals surface area contributed by atoms with Gasteiger partial charge in [0.05, 0.1) is 12.0 Å². The third kappa shape index (κ3) is 4.37. The van der Waals surface area contributed by atoms with E-state index in [4.69, 9.17) is 0 Å². The van der Waals surface area contributed by atoms with Gasteiger partial charge in [0.25, 0.3) is 0 Å². The van der Waals surface area contributed by atoms with Crippen LogP contribution in [0.1, 0.15) is 35.6 Å². The van der Waals surface area contributed by atoms with Crippen LogP contribution in [-0.4, -0.2) is 5.91 Å². The van der Waals surface area contributed by atoms with Crippen LogP contribution in [0.15, 0.2) is 89.4 Å². The number of hydrogen-bond acceptors (Lipinski definition) is 1. The molecule has 3 aromatic carbocycles. The molecule has 1 unspecified atom stereocenters. The average Bonchev–Trinajstić information content (AvgIpc) is 2.64. The predicted octanol–water partition coefficient (Wildman–Crippen LogP) is 5.46. The molecule has 0 fully saturated rings. The van der Waals surface area contributed by atoms with Crippen molar-refractivity contribution in [2.75, 3.05) is 0 Å². The molecule has 0 aliphatic carbocycles. The SMILES string of the molecule is CC(NC(=O)C(c1ccccc1)c1ccccc1)c1ccc(Br)cc1. The lowest BCUT2D eigenvalue weighted by molar-refractivity contribution is -0.122. The van der Waals surface area contributed by atoms with Crippen LogP contribution in [0.2, 0.25) is 0 Å². The quantitative estimate of drug-likeness (QED) is 0.612. The standard InChI is InChI=1S/C22H20BrNO/c1-16(17-12-14-20(23)15-13-17)24-22(25)21(18-8-4-2-5-9-18)19-10-6-3-7-11-19/h2-16,21H,1H3,(H,24,25). The molecule has 0 saturated carbocycles. The van der Waals surface area contributed by atoms with E-state index < -0.39 is 0 Å². The minimum absolute atomic E-state index is 0.00724. The Labute approximate surface area is 157 Å². The molecule has 0 aromatic heterocycles. The molecule has 1 N–H and O–H groups in total. The smallest absolute Gasteiger partial charge is 0.232 e. The summed E-state index contributed by atoms with van der Waals surface area (Å²) in [5, 5.41) is 3.16. The van der Waals surface area contributed by atoms with Crippen molar-refractivity contribution in [1.82, 2.24) is 5.32 Å². The number of nitrogens with one attached hydrogen (secondary N) is 1. The van der Waals surface area contributed by atoms with Crippen LogP contribution in [-0.2, 0) is 4.79 Å². The van der Waals surface area contributed by atoms with E-state index >= 15 is 0 Å². The molecule has 2 nitrogen and oxygen atoms in total. The lowest BCUT2D eigenvalue weighted by atomic mass is 9.90. The number of benzene rings is 3. The molecule has 126 valence electrons. The van der Waals surface area contributed by atoms with E-state index in [1.807, 2.05) is 91.9 Å². The Bertz CT molecular complexity index is 776. The first kappa shape index (κ1) is 17.4. The summed E-state index contributed by atoms with van der Waals surface area (Å²) in [5.74, 6) is -0.312. The molecule has 1 atom stereocenters. The van der Waals surface area contributed by atoms with Crippen molar-refractivity contribution >= 4 is 21.8 Å². The second kappa shape index (κ2) is 8.13. The number of carbonyl (C=O) groups excluding carboxylic acids is 1. The van der Waals surface area contributed by atoms with Gasteiger partial charge in [0, 0.05) is 4.47 Å². The van der Waals surface area contributed by atoms with Gasteiger partial charge in [-0.25, -0.2) is 0 Å². The van der Waals surface area contributed by atoms with Crippen LogP contribution in [0.4, 0.5) is 0 Å². The molecular weight excluding hydrogens is 374 g/mol. The van der Waals surface area contributed by atoms with Crippen LogP contribution in [0, 0.1) is 0 Å². The zero-order valence-electron chi connectivity index (χ0n) is 14.0. The zero-order chi connectivity index (χ0) is 17.6. The van der Waals surface area contributed by atoms with Gasteiger partial charge in [-0.1, -0.05) is 88.7 Å². The maximum Gasteiger partial charge on any atom is 0.232 e. The Morgan fingerprint density at radius 2 is 1.24 bits per heavy atom. The van der Waals surface area contributed by atoms with Crippen LogP contribution in [0.25, 0.3) is 0 Å². The summed E-state index contributed by atoms with van der Waals surface area (Å²) in [6, 6.07) is 27.8. The van der Waals surface area contributed by atoms with Gasteiger partial charge in [0.2, 0.25) is 5.91 Å². The summed E-state index contributed by atoms with van der Waals surface area (Å²) >= 11 is 3.44. The van der Waals surface area contributed by atoms with Gasteiger partial charge in [-0.3, -0.25) is 4.79 Å². The number of amides is 1. The molecule has 0 heterocycles. The normalized spacial score (nSPS) is 12.0. The molecule has 0 spiro atoms. The topological polar surface area (TPSA) is 29.1 Å². The fourth-order valence-corrected chi connectivity index (χ4v) is 3.18. The number of halogens is 1. The largest absolute Gasteiger partial charge is 0.349 e. The van der Waals surface area contributed by atoms with E-state index in [0.29, 0.717) is 0 Å². The molecule has 25 heavy (non-hydrogen) atoms. The van der Waals surface area contributed by atoms with E-state index in [1.54, 1.807) is 0 Å². The fraction of sp³-hybridized carbons (Fsp3) is 0.136. The highest BCUT2D eigenvalue weighted by molar-refractivity contribution is 9.10. The van der Waals surface area contributed by atoms with Gasteiger partial charge in [0.1, 0.15) is 0 Å². The Morgan fingerprint density at radius 3 is 1.72 bits per heavy atom. The molecule has 3 aromatic rings. The Morgan fingerprint density at radius 1 is 0.760 bits per heavy atom. The molecule has 3 heteroatoms. The summed E-state index contributed by atoms with van der Waals surface area (Å²) < 4.78 is 1.03. The van der Waals surface area contributed by atoms with Gasteiger partial charge in [-0.15, -0.1) is 0 Å². The van der Waals surface area contributed by atoms with E-state index in [1.165, 1.54) is 0 Å². The maximum atomic E-state index is 13.1. The van der Waals surface area contributed by atoms with E-state index in [2.05, 4.69) is 21.2 Å². The minimum atomic E-state index is -0.319. The van der Waals surface area contributed by atoms with Crippen molar-refractivity contribution in [2.45, 2.75) is 18.9 Å². The molecular formula is C22H20BrNO. The molecule has 1 amide bonds. The lowest BCUT2D eigenvalue weighted by Crippen LogP contribution is -2.32. The summed E-state index contributed by atoms with van der Waals surface area (Å²) in [5.41, 5.74) is 3.07. The second-order valence-electron chi connectivity index (χ2n) is 6.04. The minimum Gasteiger partial charge on any atom is -0.349 e. The summed E-state index contributed by atoms with van der Waals surface area (Å²) in [4.78, 5) is 13.1. The Balaban J connectivity index is 1.86. The highest BCUT2D eigenvalue weighted by atomic mass is 79.9. The lowest BCUT2D eigenvalue weighted by Gasteiger charge is -2.21. The monoisotopic (exact) mass is 393 g/mol. The van der Waals surface area contributed by atoms with Crippen molar-refractivity contribution in [3.05, 3.63) is 106 Å². The first-order chi connectivity index (χ1) is 12.1. The summed E-state index contributed by atoms with van der Waals surface area (Å²) in [6.45, 7) is 2.01. The van der Waals surface area contributed by atoms with Crippen molar-refractivity contribution in [3.63, 3.8) is 0 Å². The van der Waals surface area contributed by atoms with Crippen molar-refractivity contribution in [3.8, 4) is 0 Å². The molecule has 0 radical (unpaired) electrons. The van der Waals surface area contributed by atoms with E-state index in [-0.39, 0.29) is 17.9 Å². The van der Waals surface area contributed by atoms with Crippen molar-refractivity contribution in [1.29, 1.82) is 0 Å². The molecule has 0 aliphatic heterocycles. The number of hydrogen-bond donors (Lipinski definition) is 1. The molecule has 0 bridgehead atoms. The van der Waals surface area contributed by atoms with Crippen LogP contribution in [0.5, 0.6) is 0 Å². The van der Waals surface area contributed by atoms with Gasteiger partial charge in [0.15, 0.2) is 0 Å². The van der Waals surface area contributed by atoms with Crippen LogP contribution >= 0.6 is 15.9 Å². The van der Waals surface area contributed by atoms with E-state index in [9.17, 15) is 4.79 Å². The predicted molar refractivity (Wildman–Crippen MR) is 105 cm³/mol. The maximum absolute atomic E-state index is 13.1. The third-order valence-corrected chi connectivity index (χ3v) is 4.79. The summed E-state index contributed by atoms with van der Waals surface area (Å²) in [6.07, 6.45) is 0. The second-order valence-corrected chi connectivity index (χ2v) is 6.95. The first-order valence-electron chi connectivity index (χ1n) is 8.31. The number of rotatable bonds is 5. The Kier molecular flexibility index (Phi) is 5.67. The van der Waals surface area contributed by atoms with Gasteiger partial charge in [-0.05, 0) is 35.7 Å².